The first kappa shape index (κ1) is 23.1. The normalized spacial score (nSPS) is 14.2. The van der Waals surface area contributed by atoms with Gasteiger partial charge < -0.3 is 29.9 Å². The van der Waals surface area contributed by atoms with Gasteiger partial charge in [-0.15, -0.1) is 0 Å². The molecular formula is C22H31N7O3. The van der Waals surface area contributed by atoms with E-state index in [4.69, 9.17) is 9.47 Å². The zero-order valence-corrected chi connectivity index (χ0v) is 18.9. The SMILES string of the molecule is CCOc1ccc(NC(=NC)NCCC(=O)N2CCN(c3ncccn3)CC2)cc1OC. The molecule has 3 rings (SSSR count). The number of amides is 1. The molecule has 0 unspecified atom stereocenters. The molecule has 1 aromatic carbocycles. The minimum Gasteiger partial charge on any atom is -0.493 e. The molecule has 0 radical (unpaired) electrons. The smallest absolute Gasteiger partial charge is 0.225 e. The van der Waals surface area contributed by atoms with Crippen LogP contribution < -0.4 is 25.0 Å². The molecule has 32 heavy (non-hydrogen) atoms. The molecule has 0 atom stereocenters. The number of guanidine groups is 1. The van der Waals surface area contributed by atoms with E-state index in [9.17, 15) is 4.79 Å². The van der Waals surface area contributed by atoms with Gasteiger partial charge in [-0.05, 0) is 25.1 Å². The maximum atomic E-state index is 12.6. The van der Waals surface area contributed by atoms with Gasteiger partial charge in [0.15, 0.2) is 17.5 Å². The predicted molar refractivity (Wildman–Crippen MR) is 125 cm³/mol. The number of carbonyl (C=O) groups excluding carboxylic acids is 1. The summed E-state index contributed by atoms with van der Waals surface area (Å²) in [6.07, 6.45) is 3.85. The highest BCUT2D eigenvalue weighted by Gasteiger charge is 2.22. The number of nitrogens with zero attached hydrogens (tertiary/aromatic N) is 5. The Kier molecular flexibility index (Phi) is 8.47. The van der Waals surface area contributed by atoms with Crippen LogP contribution in [-0.2, 0) is 4.79 Å². The summed E-state index contributed by atoms with van der Waals surface area (Å²) in [5.74, 6) is 2.73. The van der Waals surface area contributed by atoms with E-state index in [1.165, 1.54) is 0 Å². The second kappa shape index (κ2) is 11.7. The average molecular weight is 442 g/mol. The average Bonchev–Trinajstić information content (AvgIpc) is 2.85. The van der Waals surface area contributed by atoms with Crippen molar-refractivity contribution in [2.75, 3.05) is 63.7 Å². The molecule has 1 aliphatic heterocycles. The highest BCUT2D eigenvalue weighted by Crippen LogP contribution is 2.30. The lowest BCUT2D eigenvalue weighted by molar-refractivity contribution is -0.131. The van der Waals surface area contributed by atoms with Crippen molar-refractivity contribution < 1.29 is 14.3 Å². The molecule has 1 fully saturated rings. The van der Waals surface area contributed by atoms with E-state index < -0.39 is 0 Å². The summed E-state index contributed by atoms with van der Waals surface area (Å²) < 4.78 is 10.9. The second-order valence-corrected chi connectivity index (χ2v) is 7.09. The van der Waals surface area contributed by atoms with E-state index in [0.29, 0.717) is 56.1 Å². The molecule has 1 amide bonds. The van der Waals surface area contributed by atoms with Gasteiger partial charge in [0.1, 0.15) is 0 Å². The zero-order chi connectivity index (χ0) is 22.8. The van der Waals surface area contributed by atoms with Crippen molar-refractivity contribution in [1.29, 1.82) is 0 Å². The van der Waals surface area contributed by atoms with Gasteiger partial charge in [0.25, 0.3) is 0 Å². The molecule has 10 nitrogen and oxygen atoms in total. The van der Waals surface area contributed by atoms with Crippen LogP contribution in [0.2, 0.25) is 0 Å². The fourth-order valence-electron chi connectivity index (χ4n) is 3.39. The standard InChI is InChI=1S/C22H31N7O3/c1-4-32-18-7-6-17(16-19(18)31-3)27-21(23-2)24-11-8-20(30)28-12-14-29(15-13-28)22-25-9-5-10-26-22/h5-7,9-10,16H,4,8,11-15H2,1-3H3,(H2,23,24,27). The van der Waals surface area contributed by atoms with Crippen LogP contribution in [0.5, 0.6) is 11.5 Å². The predicted octanol–water partition coefficient (Wildman–Crippen LogP) is 1.61. The maximum absolute atomic E-state index is 12.6. The number of methoxy groups -OCH3 is 1. The Bertz CT molecular complexity index is 900. The molecule has 10 heteroatoms. The molecule has 0 bridgehead atoms. The fourth-order valence-corrected chi connectivity index (χ4v) is 3.39. The molecule has 1 saturated heterocycles. The van der Waals surface area contributed by atoms with Crippen molar-refractivity contribution in [1.82, 2.24) is 20.2 Å². The number of ether oxygens (including phenoxy) is 2. The van der Waals surface area contributed by atoms with Gasteiger partial charge >= 0.3 is 0 Å². The lowest BCUT2D eigenvalue weighted by Gasteiger charge is -2.34. The van der Waals surface area contributed by atoms with Gasteiger partial charge in [0.2, 0.25) is 11.9 Å². The highest BCUT2D eigenvalue weighted by atomic mass is 16.5. The number of anilines is 2. The first-order valence-corrected chi connectivity index (χ1v) is 10.7. The summed E-state index contributed by atoms with van der Waals surface area (Å²) in [4.78, 5) is 29.4. The Hall–Kier alpha value is -3.56. The summed E-state index contributed by atoms with van der Waals surface area (Å²) in [6, 6.07) is 7.38. The quantitative estimate of drug-likeness (QED) is 0.470. The first-order chi connectivity index (χ1) is 15.6. The van der Waals surface area contributed by atoms with Gasteiger partial charge in [0, 0.05) is 70.3 Å². The third-order valence-electron chi connectivity index (χ3n) is 5.05. The van der Waals surface area contributed by atoms with Crippen LogP contribution in [-0.4, -0.2) is 80.2 Å². The number of benzene rings is 1. The number of aliphatic imine (C=N–C) groups is 1. The molecular weight excluding hydrogens is 410 g/mol. The van der Waals surface area contributed by atoms with Crippen molar-refractivity contribution >= 4 is 23.5 Å². The summed E-state index contributed by atoms with van der Waals surface area (Å²) in [5.41, 5.74) is 0.809. The molecule has 2 heterocycles. The summed E-state index contributed by atoms with van der Waals surface area (Å²) in [5, 5.41) is 6.40. The van der Waals surface area contributed by atoms with Gasteiger partial charge in [-0.1, -0.05) is 0 Å². The number of rotatable bonds is 8. The number of hydrogen-bond donors (Lipinski definition) is 2. The zero-order valence-electron chi connectivity index (χ0n) is 18.9. The minimum absolute atomic E-state index is 0.115. The molecule has 0 saturated carbocycles. The fraction of sp³-hybridized carbons (Fsp3) is 0.455. The third-order valence-corrected chi connectivity index (χ3v) is 5.05. The maximum Gasteiger partial charge on any atom is 0.225 e. The van der Waals surface area contributed by atoms with Gasteiger partial charge in [-0.2, -0.15) is 0 Å². The Labute approximate surface area is 188 Å². The molecule has 0 spiro atoms. The number of carbonyl (C=O) groups is 1. The molecule has 172 valence electrons. The van der Waals surface area contributed by atoms with E-state index in [1.807, 2.05) is 30.0 Å². The monoisotopic (exact) mass is 441 g/mol. The summed E-state index contributed by atoms with van der Waals surface area (Å²) in [6.45, 7) is 5.75. The number of nitrogens with one attached hydrogen (secondary N) is 2. The van der Waals surface area contributed by atoms with Gasteiger partial charge in [0.05, 0.1) is 13.7 Å². The number of hydrogen-bond acceptors (Lipinski definition) is 7. The van der Waals surface area contributed by atoms with Crippen LogP contribution in [0.1, 0.15) is 13.3 Å². The van der Waals surface area contributed by atoms with E-state index >= 15 is 0 Å². The van der Waals surface area contributed by atoms with Crippen molar-refractivity contribution in [3.05, 3.63) is 36.7 Å². The third kappa shape index (κ3) is 6.22. The van der Waals surface area contributed by atoms with E-state index in [0.717, 1.165) is 18.8 Å². The van der Waals surface area contributed by atoms with Crippen LogP contribution in [0, 0.1) is 0 Å². The van der Waals surface area contributed by atoms with Crippen molar-refractivity contribution in [3.63, 3.8) is 0 Å². The van der Waals surface area contributed by atoms with E-state index in [2.05, 4.69) is 30.5 Å². The molecule has 0 aliphatic carbocycles. The van der Waals surface area contributed by atoms with E-state index in [-0.39, 0.29) is 5.91 Å². The Morgan fingerprint density at radius 2 is 1.91 bits per heavy atom. The van der Waals surface area contributed by atoms with Crippen molar-refractivity contribution in [3.8, 4) is 11.5 Å². The summed E-state index contributed by atoms with van der Waals surface area (Å²) in [7, 11) is 3.29. The van der Waals surface area contributed by atoms with Crippen LogP contribution >= 0.6 is 0 Å². The molecule has 1 aromatic heterocycles. The highest BCUT2D eigenvalue weighted by molar-refractivity contribution is 5.94. The van der Waals surface area contributed by atoms with Crippen molar-refractivity contribution in [2.24, 2.45) is 4.99 Å². The molecule has 1 aliphatic rings. The largest absolute Gasteiger partial charge is 0.493 e. The first-order valence-electron chi connectivity index (χ1n) is 10.7. The number of piperazine rings is 1. The lowest BCUT2D eigenvalue weighted by atomic mass is 10.2. The van der Waals surface area contributed by atoms with Crippen LogP contribution in [0.25, 0.3) is 0 Å². The summed E-state index contributed by atoms with van der Waals surface area (Å²) >= 11 is 0. The van der Waals surface area contributed by atoms with Crippen LogP contribution in [0.3, 0.4) is 0 Å². The number of aromatic nitrogens is 2. The Morgan fingerprint density at radius 3 is 2.56 bits per heavy atom. The van der Waals surface area contributed by atoms with Crippen LogP contribution in [0.4, 0.5) is 11.6 Å². The van der Waals surface area contributed by atoms with Gasteiger partial charge in [-0.25, -0.2) is 9.97 Å². The Balaban J connectivity index is 1.43. The van der Waals surface area contributed by atoms with Gasteiger partial charge in [-0.3, -0.25) is 9.79 Å². The second-order valence-electron chi connectivity index (χ2n) is 7.09. The van der Waals surface area contributed by atoms with Crippen LogP contribution in [0.15, 0.2) is 41.7 Å². The van der Waals surface area contributed by atoms with E-state index in [1.54, 1.807) is 32.6 Å². The Morgan fingerprint density at radius 1 is 1.16 bits per heavy atom. The van der Waals surface area contributed by atoms with Crippen molar-refractivity contribution in [2.45, 2.75) is 13.3 Å². The molecule has 2 aromatic rings. The topological polar surface area (TPSA) is 104 Å². The molecule has 2 N–H and O–H groups in total. The lowest BCUT2D eigenvalue weighted by Crippen LogP contribution is -2.49. The minimum atomic E-state index is 0.115.